The molecule has 8 heteroatoms. The van der Waals surface area contributed by atoms with Gasteiger partial charge in [0, 0.05) is 7.05 Å². The van der Waals surface area contributed by atoms with Crippen molar-refractivity contribution in [3.63, 3.8) is 0 Å². The fourth-order valence-electron chi connectivity index (χ4n) is 1.79. The first-order chi connectivity index (χ1) is 9.41. The van der Waals surface area contributed by atoms with E-state index in [1.807, 2.05) is 0 Å². The van der Waals surface area contributed by atoms with Gasteiger partial charge in [0.25, 0.3) is 5.88 Å². The Kier molecular flexibility index (Phi) is 3.38. The maximum Gasteiger partial charge on any atom is 0.353 e. The zero-order chi connectivity index (χ0) is 14.9. The fourth-order valence-corrected chi connectivity index (χ4v) is 1.79. The molecule has 0 bridgehead atoms. The Hall–Kier alpha value is -2.90. The highest BCUT2D eigenvalue weighted by atomic mass is 16.6. The van der Waals surface area contributed by atoms with Crippen molar-refractivity contribution in [1.29, 1.82) is 0 Å². The van der Waals surface area contributed by atoms with Gasteiger partial charge in [-0.2, -0.15) is 5.10 Å². The average Bonchev–Trinajstić information content (AvgIpc) is 2.64. The minimum Gasteiger partial charge on any atom is -0.478 e. The topological polar surface area (TPSA) is 107 Å². The number of carboxylic acid groups (broad SMARTS) is 1. The number of nitrogens with zero attached hydrogens (tertiary/aromatic N) is 3. The van der Waals surface area contributed by atoms with Gasteiger partial charge in [-0.1, -0.05) is 12.1 Å². The zero-order valence-corrected chi connectivity index (χ0v) is 10.7. The number of aromatic nitrogens is 2. The number of aromatic carboxylic acids is 1. The van der Waals surface area contributed by atoms with Crippen molar-refractivity contribution in [2.75, 3.05) is 0 Å². The lowest BCUT2D eigenvalue weighted by Gasteiger charge is -2.07. The molecule has 2 rings (SSSR count). The molecule has 8 nitrogen and oxygen atoms in total. The van der Waals surface area contributed by atoms with Crippen LogP contribution in [0.3, 0.4) is 0 Å². The molecule has 0 aliphatic carbocycles. The summed E-state index contributed by atoms with van der Waals surface area (Å²) >= 11 is 0. The quantitative estimate of drug-likeness (QED) is 0.677. The summed E-state index contributed by atoms with van der Waals surface area (Å²) in [5.41, 5.74) is -0.173. The Bertz CT molecular complexity index is 692. The summed E-state index contributed by atoms with van der Waals surface area (Å²) in [6.07, 6.45) is 0. The van der Waals surface area contributed by atoms with Crippen molar-refractivity contribution in [2.24, 2.45) is 7.05 Å². The van der Waals surface area contributed by atoms with E-state index in [-0.39, 0.29) is 28.6 Å². The van der Waals surface area contributed by atoms with Gasteiger partial charge in [0.05, 0.1) is 4.92 Å². The molecule has 20 heavy (non-hydrogen) atoms. The first-order valence-corrected chi connectivity index (χ1v) is 5.60. The number of para-hydroxylation sites is 1. The molecule has 0 spiro atoms. The molecule has 2 aromatic rings. The molecule has 0 aliphatic rings. The molecule has 0 saturated heterocycles. The van der Waals surface area contributed by atoms with Crippen molar-refractivity contribution >= 4 is 11.7 Å². The summed E-state index contributed by atoms with van der Waals surface area (Å²) in [4.78, 5) is 21.5. The average molecular weight is 277 g/mol. The fraction of sp³-hybridized carbons (Fsp3) is 0.167. The summed E-state index contributed by atoms with van der Waals surface area (Å²) in [6.45, 7) is 1.48. The Morgan fingerprint density at radius 3 is 2.70 bits per heavy atom. The molecule has 1 aromatic carbocycles. The van der Waals surface area contributed by atoms with Gasteiger partial charge in [0.2, 0.25) is 0 Å². The summed E-state index contributed by atoms with van der Waals surface area (Å²) < 4.78 is 6.59. The molecule has 1 N–H and O–H groups in total. The van der Waals surface area contributed by atoms with Gasteiger partial charge < -0.3 is 9.84 Å². The maximum absolute atomic E-state index is 11.1. The van der Waals surface area contributed by atoms with Crippen LogP contribution in [0.4, 0.5) is 5.69 Å². The van der Waals surface area contributed by atoms with Crippen LogP contribution < -0.4 is 4.74 Å². The van der Waals surface area contributed by atoms with Crippen LogP contribution in [-0.4, -0.2) is 25.8 Å². The Morgan fingerprint density at radius 1 is 1.45 bits per heavy atom. The highest BCUT2D eigenvalue weighted by molar-refractivity contribution is 5.90. The first-order valence-electron chi connectivity index (χ1n) is 5.60. The highest BCUT2D eigenvalue weighted by Gasteiger charge is 2.27. The second-order valence-electron chi connectivity index (χ2n) is 4.02. The summed E-state index contributed by atoms with van der Waals surface area (Å²) in [7, 11) is 1.48. The van der Waals surface area contributed by atoms with Crippen LogP contribution in [0.25, 0.3) is 0 Å². The predicted octanol–water partition coefficient (Wildman–Crippen LogP) is 2.13. The third-order valence-corrected chi connectivity index (χ3v) is 2.65. The van der Waals surface area contributed by atoms with Crippen LogP contribution >= 0.6 is 0 Å². The van der Waals surface area contributed by atoms with Crippen LogP contribution in [0.15, 0.2) is 24.3 Å². The number of carbonyl (C=O) groups is 1. The molecule has 0 fully saturated rings. The Morgan fingerprint density at radius 2 is 2.10 bits per heavy atom. The normalized spacial score (nSPS) is 10.3. The number of hydrogen-bond acceptors (Lipinski definition) is 5. The number of carboxylic acids is 1. The van der Waals surface area contributed by atoms with Crippen LogP contribution in [0.1, 0.15) is 16.1 Å². The number of nitro groups is 1. The monoisotopic (exact) mass is 277 g/mol. The molecule has 0 aliphatic heterocycles. The molecular formula is C12H11N3O5. The summed E-state index contributed by atoms with van der Waals surface area (Å²) in [5, 5.41) is 24.0. The third-order valence-electron chi connectivity index (χ3n) is 2.65. The molecule has 104 valence electrons. The number of rotatable bonds is 4. The minimum atomic E-state index is -1.18. The van der Waals surface area contributed by atoms with Gasteiger partial charge in [-0.3, -0.25) is 10.1 Å². The smallest absolute Gasteiger partial charge is 0.353 e. The van der Waals surface area contributed by atoms with E-state index >= 15 is 0 Å². The van der Waals surface area contributed by atoms with Crippen molar-refractivity contribution < 1.29 is 19.6 Å². The molecule has 0 atom stereocenters. The van der Waals surface area contributed by atoms with Gasteiger partial charge in [0.15, 0.2) is 0 Å². The minimum absolute atomic E-state index is 0.0195. The number of aryl methyl sites for hydroxylation is 2. The SMILES string of the molecule is Cc1nn(C)c(Oc2ccccc2C(=O)O)c1[N+](=O)[O-]. The van der Waals surface area contributed by atoms with E-state index in [0.29, 0.717) is 0 Å². The van der Waals surface area contributed by atoms with E-state index in [9.17, 15) is 14.9 Å². The molecule has 0 unspecified atom stereocenters. The van der Waals surface area contributed by atoms with E-state index in [2.05, 4.69) is 5.10 Å². The maximum atomic E-state index is 11.1. The Labute approximate surface area is 113 Å². The van der Waals surface area contributed by atoms with Gasteiger partial charge in [0.1, 0.15) is 17.0 Å². The van der Waals surface area contributed by atoms with Gasteiger partial charge in [-0.05, 0) is 19.1 Å². The molecular weight excluding hydrogens is 266 g/mol. The van der Waals surface area contributed by atoms with Crippen molar-refractivity contribution in [3.8, 4) is 11.6 Å². The number of ether oxygens (including phenoxy) is 1. The summed E-state index contributed by atoms with van der Waals surface area (Å²) in [6, 6.07) is 5.90. The lowest BCUT2D eigenvalue weighted by atomic mass is 10.2. The molecule has 1 aromatic heterocycles. The largest absolute Gasteiger partial charge is 0.478 e. The zero-order valence-electron chi connectivity index (χ0n) is 10.7. The van der Waals surface area contributed by atoms with Gasteiger partial charge in [-0.25, -0.2) is 9.48 Å². The third kappa shape index (κ3) is 2.30. The van der Waals surface area contributed by atoms with E-state index in [1.165, 1.54) is 30.8 Å². The van der Waals surface area contributed by atoms with E-state index in [0.717, 1.165) is 0 Å². The van der Waals surface area contributed by atoms with Gasteiger partial charge in [-0.15, -0.1) is 0 Å². The molecule has 0 saturated carbocycles. The molecule has 0 radical (unpaired) electrons. The van der Waals surface area contributed by atoms with Crippen LogP contribution in [0.5, 0.6) is 11.6 Å². The highest BCUT2D eigenvalue weighted by Crippen LogP contribution is 2.34. The second kappa shape index (κ2) is 5.00. The van der Waals surface area contributed by atoms with E-state index in [1.54, 1.807) is 12.1 Å². The van der Waals surface area contributed by atoms with Crippen LogP contribution in [0, 0.1) is 17.0 Å². The van der Waals surface area contributed by atoms with E-state index in [4.69, 9.17) is 9.84 Å². The molecule has 0 amide bonds. The lowest BCUT2D eigenvalue weighted by Crippen LogP contribution is -2.03. The summed E-state index contributed by atoms with van der Waals surface area (Å²) in [5.74, 6) is -1.27. The lowest BCUT2D eigenvalue weighted by molar-refractivity contribution is -0.386. The number of benzene rings is 1. The number of hydrogen-bond donors (Lipinski definition) is 1. The van der Waals surface area contributed by atoms with Crippen molar-refractivity contribution in [1.82, 2.24) is 9.78 Å². The van der Waals surface area contributed by atoms with Crippen LogP contribution in [-0.2, 0) is 7.05 Å². The first kappa shape index (κ1) is 13.5. The predicted molar refractivity (Wildman–Crippen MR) is 68.1 cm³/mol. The second-order valence-corrected chi connectivity index (χ2v) is 4.02. The molecule has 1 heterocycles. The Balaban J connectivity index is 2.51. The van der Waals surface area contributed by atoms with E-state index < -0.39 is 10.9 Å². The van der Waals surface area contributed by atoms with Gasteiger partial charge >= 0.3 is 11.7 Å². The van der Waals surface area contributed by atoms with Crippen molar-refractivity contribution in [3.05, 3.63) is 45.6 Å². The van der Waals surface area contributed by atoms with Crippen LogP contribution in [0.2, 0.25) is 0 Å². The standard InChI is InChI=1S/C12H11N3O5/c1-7-10(15(18)19)11(14(2)13-7)20-9-6-4-3-5-8(9)12(16)17/h3-6H,1-2H3,(H,16,17). The van der Waals surface area contributed by atoms with Crippen molar-refractivity contribution in [2.45, 2.75) is 6.92 Å².